The first-order valence-corrected chi connectivity index (χ1v) is 8.74. The van der Waals surface area contributed by atoms with Crippen LogP contribution in [0.15, 0.2) is 0 Å². The van der Waals surface area contributed by atoms with Gasteiger partial charge in [0.15, 0.2) is 0 Å². The number of amides is 2. The summed E-state index contributed by atoms with van der Waals surface area (Å²) in [5.41, 5.74) is 0. The molecule has 0 aromatic carbocycles. The van der Waals surface area contributed by atoms with Gasteiger partial charge in [-0.2, -0.15) is 0 Å². The number of rotatable bonds is 16. The molecule has 146 valence electrons. The summed E-state index contributed by atoms with van der Waals surface area (Å²) < 4.78 is 21.3. The molecule has 0 aromatic heterocycles. The summed E-state index contributed by atoms with van der Waals surface area (Å²) >= 11 is 0. The summed E-state index contributed by atoms with van der Waals surface area (Å²) in [4.78, 5) is 22.4. The SMILES string of the molecule is CNC(=O)CCOCCOCCOCCOCCNC(=O)C1CNC1. The summed E-state index contributed by atoms with van der Waals surface area (Å²) in [5.74, 6) is 0.174. The lowest BCUT2D eigenvalue weighted by Gasteiger charge is -2.25. The van der Waals surface area contributed by atoms with E-state index < -0.39 is 0 Å². The minimum atomic E-state index is -0.0328. The Morgan fingerprint density at radius 2 is 1.40 bits per heavy atom. The highest BCUT2D eigenvalue weighted by Crippen LogP contribution is 2.01. The summed E-state index contributed by atoms with van der Waals surface area (Å²) in [6, 6.07) is 0. The molecule has 0 spiro atoms. The van der Waals surface area contributed by atoms with Crippen molar-refractivity contribution in [2.24, 2.45) is 5.92 Å². The molecule has 0 unspecified atom stereocenters. The molecule has 1 aliphatic rings. The van der Waals surface area contributed by atoms with Gasteiger partial charge in [0.05, 0.1) is 58.8 Å². The fraction of sp³-hybridized carbons (Fsp3) is 0.875. The molecule has 25 heavy (non-hydrogen) atoms. The number of hydrogen-bond acceptors (Lipinski definition) is 7. The van der Waals surface area contributed by atoms with Gasteiger partial charge in [-0.05, 0) is 0 Å². The van der Waals surface area contributed by atoms with Crippen LogP contribution in [0.3, 0.4) is 0 Å². The third-order valence-corrected chi connectivity index (χ3v) is 3.57. The molecular formula is C16H31N3O6. The van der Waals surface area contributed by atoms with Crippen molar-refractivity contribution in [2.75, 3.05) is 79.5 Å². The molecule has 0 bridgehead atoms. The smallest absolute Gasteiger partial charge is 0.225 e. The first kappa shape index (κ1) is 21.8. The van der Waals surface area contributed by atoms with Gasteiger partial charge in [-0.25, -0.2) is 0 Å². The molecule has 1 saturated heterocycles. The van der Waals surface area contributed by atoms with Crippen LogP contribution in [0.1, 0.15) is 6.42 Å². The van der Waals surface area contributed by atoms with Crippen LogP contribution in [0.2, 0.25) is 0 Å². The molecule has 0 aromatic rings. The highest BCUT2D eigenvalue weighted by Gasteiger charge is 2.23. The Morgan fingerprint density at radius 1 is 0.880 bits per heavy atom. The third-order valence-electron chi connectivity index (χ3n) is 3.57. The largest absolute Gasteiger partial charge is 0.379 e. The molecule has 0 saturated carbocycles. The van der Waals surface area contributed by atoms with Crippen molar-refractivity contribution >= 4 is 11.8 Å². The Hall–Kier alpha value is -1.26. The number of hydrogen-bond donors (Lipinski definition) is 3. The zero-order chi connectivity index (χ0) is 18.2. The molecule has 1 fully saturated rings. The van der Waals surface area contributed by atoms with E-state index in [1.807, 2.05) is 0 Å². The van der Waals surface area contributed by atoms with Gasteiger partial charge in [-0.3, -0.25) is 9.59 Å². The van der Waals surface area contributed by atoms with E-state index in [2.05, 4.69) is 16.0 Å². The van der Waals surface area contributed by atoms with Crippen LogP contribution in [-0.4, -0.2) is 91.4 Å². The van der Waals surface area contributed by atoms with Crippen molar-refractivity contribution in [2.45, 2.75) is 6.42 Å². The van der Waals surface area contributed by atoms with Gasteiger partial charge in [0.2, 0.25) is 11.8 Å². The van der Waals surface area contributed by atoms with E-state index in [-0.39, 0.29) is 17.7 Å². The molecular weight excluding hydrogens is 330 g/mol. The number of ether oxygens (including phenoxy) is 4. The predicted octanol–water partition coefficient (Wildman–Crippen LogP) is -1.48. The van der Waals surface area contributed by atoms with Gasteiger partial charge >= 0.3 is 0 Å². The lowest BCUT2D eigenvalue weighted by molar-refractivity contribution is -0.126. The van der Waals surface area contributed by atoms with Crippen LogP contribution in [0.5, 0.6) is 0 Å². The normalized spacial score (nSPS) is 14.1. The number of nitrogens with one attached hydrogen (secondary N) is 3. The maximum Gasteiger partial charge on any atom is 0.225 e. The zero-order valence-electron chi connectivity index (χ0n) is 15.0. The molecule has 0 atom stereocenters. The van der Waals surface area contributed by atoms with E-state index >= 15 is 0 Å². The maximum atomic E-state index is 11.5. The molecule has 1 heterocycles. The van der Waals surface area contributed by atoms with E-state index in [1.54, 1.807) is 7.05 Å². The lowest BCUT2D eigenvalue weighted by Crippen LogP contribution is -2.51. The van der Waals surface area contributed by atoms with Gasteiger partial charge in [0.1, 0.15) is 0 Å². The summed E-state index contributed by atoms with van der Waals surface area (Å²) in [5, 5.41) is 8.42. The van der Waals surface area contributed by atoms with Crippen LogP contribution >= 0.6 is 0 Å². The predicted molar refractivity (Wildman–Crippen MR) is 91.3 cm³/mol. The van der Waals surface area contributed by atoms with Crippen LogP contribution in [0, 0.1) is 5.92 Å². The van der Waals surface area contributed by atoms with Gasteiger partial charge in [0.25, 0.3) is 0 Å². The van der Waals surface area contributed by atoms with Crippen molar-refractivity contribution in [3.8, 4) is 0 Å². The van der Waals surface area contributed by atoms with E-state index in [1.165, 1.54) is 0 Å². The fourth-order valence-corrected chi connectivity index (χ4v) is 1.92. The second kappa shape index (κ2) is 15.0. The molecule has 9 nitrogen and oxygen atoms in total. The van der Waals surface area contributed by atoms with Crippen LogP contribution in [-0.2, 0) is 28.5 Å². The standard InChI is InChI=1S/C16H31N3O6/c1-17-15(20)2-4-22-6-8-24-10-11-25-9-7-23-5-3-19-16(21)14-12-18-13-14/h14,18H,2-13H2,1H3,(H,17,20)(H,19,21). The highest BCUT2D eigenvalue weighted by molar-refractivity contribution is 5.79. The lowest BCUT2D eigenvalue weighted by atomic mass is 10.0. The Labute approximate surface area is 149 Å². The average molecular weight is 361 g/mol. The average Bonchev–Trinajstić information content (AvgIpc) is 2.56. The summed E-state index contributed by atoms with van der Waals surface area (Å²) in [6.07, 6.45) is 0.362. The van der Waals surface area contributed by atoms with E-state index in [4.69, 9.17) is 18.9 Å². The van der Waals surface area contributed by atoms with E-state index in [9.17, 15) is 9.59 Å². The van der Waals surface area contributed by atoms with Gasteiger partial charge in [0, 0.05) is 33.1 Å². The van der Waals surface area contributed by atoms with E-state index in [0.29, 0.717) is 65.8 Å². The Morgan fingerprint density at radius 3 is 1.88 bits per heavy atom. The van der Waals surface area contributed by atoms with Crippen molar-refractivity contribution in [1.82, 2.24) is 16.0 Å². The monoisotopic (exact) mass is 361 g/mol. The molecule has 1 rings (SSSR count). The van der Waals surface area contributed by atoms with E-state index in [0.717, 1.165) is 13.1 Å². The number of carbonyl (C=O) groups is 2. The molecule has 1 aliphatic heterocycles. The van der Waals surface area contributed by atoms with Crippen molar-refractivity contribution < 1.29 is 28.5 Å². The first-order valence-electron chi connectivity index (χ1n) is 8.74. The summed E-state index contributed by atoms with van der Waals surface area (Å²) in [6.45, 7) is 5.85. The molecule has 9 heteroatoms. The Kier molecular flexibility index (Phi) is 13.1. The highest BCUT2D eigenvalue weighted by atomic mass is 16.6. The van der Waals surface area contributed by atoms with Crippen LogP contribution < -0.4 is 16.0 Å². The zero-order valence-corrected chi connectivity index (χ0v) is 15.0. The minimum Gasteiger partial charge on any atom is -0.379 e. The molecule has 0 aliphatic carbocycles. The summed E-state index contributed by atoms with van der Waals surface area (Å²) in [7, 11) is 1.60. The minimum absolute atomic E-state index is 0.0328. The fourth-order valence-electron chi connectivity index (χ4n) is 1.92. The van der Waals surface area contributed by atoms with Gasteiger partial charge in [-0.15, -0.1) is 0 Å². The van der Waals surface area contributed by atoms with Gasteiger partial charge < -0.3 is 34.9 Å². The second-order valence-electron chi connectivity index (χ2n) is 5.52. The maximum absolute atomic E-state index is 11.5. The topological polar surface area (TPSA) is 107 Å². The first-order chi connectivity index (χ1) is 12.2. The molecule has 2 amide bonds. The molecule has 0 radical (unpaired) electrons. The quantitative estimate of drug-likeness (QED) is 0.288. The number of carbonyl (C=O) groups excluding carboxylic acids is 2. The Balaban J connectivity index is 1.69. The third kappa shape index (κ3) is 11.8. The molecule has 3 N–H and O–H groups in total. The van der Waals surface area contributed by atoms with Crippen molar-refractivity contribution in [3.05, 3.63) is 0 Å². The Bertz CT molecular complexity index is 366. The van der Waals surface area contributed by atoms with Crippen LogP contribution in [0.25, 0.3) is 0 Å². The van der Waals surface area contributed by atoms with Gasteiger partial charge in [-0.1, -0.05) is 0 Å². The second-order valence-corrected chi connectivity index (χ2v) is 5.52. The van der Waals surface area contributed by atoms with Crippen LogP contribution in [0.4, 0.5) is 0 Å². The van der Waals surface area contributed by atoms with Crippen molar-refractivity contribution in [3.63, 3.8) is 0 Å². The van der Waals surface area contributed by atoms with Crippen molar-refractivity contribution in [1.29, 1.82) is 0 Å².